The molecule has 3 N–H and O–H groups in total. The number of carbonyl (C=O) groups is 1. The zero-order valence-electron chi connectivity index (χ0n) is 8.33. The van der Waals surface area contributed by atoms with Gasteiger partial charge in [0, 0.05) is 18.0 Å². The van der Waals surface area contributed by atoms with Gasteiger partial charge in [-0.2, -0.15) is 0 Å². The molecule has 4 nitrogen and oxygen atoms in total. The Bertz CT molecular complexity index is 368. The molecule has 0 aliphatic rings. The molecule has 1 aromatic rings. The first-order valence-electron chi connectivity index (χ1n) is 4.41. The first-order valence-corrected chi connectivity index (χ1v) is 4.78. The van der Waals surface area contributed by atoms with Crippen LogP contribution in [0.5, 0.6) is 5.75 Å². The molecule has 1 aromatic carbocycles. The van der Waals surface area contributed by atoms with Gasteiger partial charge in [-0.1, -0.05) is 11.6 Å². The summed E-state index contributed by atoms with van der Waals surface area (Å²) in [5.74, 6) is -0.508. The van der Waals surface area contributed by atoms with Crippen LogP contribution >= 0.6 is 11.6 Å². The maximum Gasteiger partial charge on any atom is 0.120 e. The predicted octanol–water partition coefficient (Wildman–Crippen LogP) is -0.228. The molecular formula is C10H12ClNO3. The number of ether oxygens (including phenoxy) is 1. The van der Waals surface area contributed by atoms with E-state index in [-0.39, 0.29) is 6.42 Å². The zero-order chi connectivity index (χ0) is 11.4. The van der Waals surface area contributed by atoms with Crippen LogP contribution in [0, 0.1) is 0 Å². The Labute approximate surface area is 92.6 Å². The quantitative estimate of drug-likeness (QED) is 0.775. The van der Waals surface area contributed by atoms with Gasteiger partial charge < -0.3 is 20.4 Å². The van der Waals surface area contributed by atoms with E-state index in [1.807, 2.05) is 0 Å². The Balaban J connectivity index is 2.90. The highest BCUT2D eigenvalue weighted by Gasteiger charge is 2.14. The lowest BCUT2D eigenvalue weighted by Crippen LogP contribution is -2.55. The summed E-state index contributed by atoms with van der Waals surface area (Å²) in [5.41, 5.74) is 4.40. The van der Waals surface area contributed by atoms with Crippen LogP contribution in [0.25, 0.3) is 0 Å². The summed E-state index contributed by atoms with van der Waals surface area (Å²) in [4.78, 5) is 10.4. The van der Waals surface area contributed by atoms with Crippen molar-refractivity contribution in [2.24, 2.45) is 0 Å². The van der Waals surface area contributed by atoms with Crippen LogP contribution in [-0.2, 0) is 4.79 Å². The van der Waals surface area contributed by atoms with Crippen molar-refractivity contribution in [1.82, 2.24) is 0 Å². The molecule has 0 amide bonds. The number of benzene rings is 1. The lowest BCUT2D eigenvalue weighted by atomic mass is 10.0. The van der Waals surface area contributed by atoms with E-state index < -0.39 is 12.0 Å². The molecule has 0 bridgehead atoms. The van der Waals surface area contributed by atoms with E-state index in [4.69, 9.17) is 16.3 Å². The van der Waals surface area contributed by atoms with E-state index in [2.05, 4.69) is 5.73 Å². The fourth-order valence-electron chi connectivity index (χ4n) is 1.28. The zero-order valence-corrected chi connectivity index (χ0v) is 9.08. The minimum atomic E-state index is -1.14. The number of carboxylic acid groups (broad SMARTS) is 1. The van der Waals surface area contributed by atoms with Crippen LogP contribution < -0.4 is 15.6 Å². The second-order valence-electron chi connectivity index (χ2n) is 3.16. The van der Waals surface area contributed by atoms with E-state index in [1.165, 1.54) is 7.11 Å². The summed E-state index contributed by atoms with van der Waals surface area (Å²) in [6.45, 7) is 0. The molecule has 0 heterocycles. The SMILES string of the molecule is COc1ccc([C@@H]([NH3+])CC(=O)[O-])c(Cl)c1. The molecule has 0 aliphatic carbocycles. The van der Waals surface area contributed by atoms with Crippen LogP contribution in [0.3, 0.4) is 0 Å². The molecule has 0 saturated carbocycles. The van der Waals surface area contributed by atoms with E-state index in [0.717, 1.165) is 0 Å². The molecule has 1 atom stereocenters. The summed E-state index contributed by atoms with van der Waals surface area (Å²) in [6, 6.07) is 4.65. The summed E-state index contributed by atoms with van der Waals surface area (Å²) in [6.07, 6.45) is -0.147. The molecule has 0 aliphatic heterocycles. The summed E-state index contributed by atoms with van der Waals surface area (Å²) in [7, 11) is 1.54. The highest BCUT2D eigenvalue weighted by molar-refractivity contribution is 6.31. The van der Waals surface area contributed by atoms with Crippen LogP contribution in [0.2, 0.25) is 5.02 Å². The topological polar surface area (TPSA) is 77.0 Å². The smallest absolute Gasteiger partial charge is 0.120 e. The number of quaternary nitrogens is 1. The normalized spacial score (nSPS) is 12.2. The highest BCUT2D eigenvalue weighted by atomic mass is 35.5. The van der Waals surface area contributed by atoms with Gasteiger partial charge in [-0.25, -0.2) is 0 Å². The minimum absolute atomic E-state index is 0.147. The van der Waals surface area contributed by atoms with Crippen molar-refractivity contribution in [2.45, 2.75) is 12.5 Å². The van der Waals surface area contributed by atoms with Gasteiger partial charge >= 0.3 is 0 Å². The molecule has 0 fully saturated rings. The highest BCUT2D eigenvalue weighted by Crippen LogP contribution is 2.26. The molecule has 0 radical (unpaired) electrons. The van der Waals surface area contributed by atoms with Crippen LogP contribution in [0.15, 0.2) is 18.2 Å². The third kappa shape index (κ3) is 3.11. The Morgan fingerprint density at radius 2 is 2.33 bits per heavy atom. The lowest BCUT2D eigenvalue weighted by Gasteiger charge is -2.12. The van der Waals surface area contributed by atoms with Crippen molar-refractivity contribution in [2.75, 3.05) is 7.11 Å². The van der Waals surface area contributed by atoms with Crippen molar-refractivity contribution in [3.8, 4) is 5.75 Å². The molecule has 15 heavy (non-hydrogen) atoms. The predicted molar refractivity (Wildman–Crippen MR) is 53.3 cm³/mol. The fraction of sp³-hybridized carbons (Fsp3) is 0.300. The molecule has 0 saturated heterocycles. The van der Waals surface area contributed by atoms with Crippen molar-refractivity contribution in [3.63, 3.8) is 0 Å². The van der Waals surface area contributed by atoms with E-state index >= 15 is 0 Å². The number of carbonyl (C=O) groups excluding carboxylic acids is 1. The van der Waals surface area contributed by atoms with Crippen molar-refractivity contribution in [3.05, 3.63) is 28.8 Å². The minimum Gasteiger partial charge on any atom is -0.550 e. The van der Waals surface area contributed by atoms with E-state index in [1.54, 1.807) is 18.2 Å². The average Bonchev–Trinajstić information content (AvgIpc) is 2.16. The first-order chi connectivity index (χ1) is 7.04. The number of halogens is 1. The van der Waals surface area contributed by atoms with Crippen molar-refractivity contribution < 1.29 is 20.4 Å². The number of rotatable bonds is 4. The average molecular weight is 230 g/mol. The maximum absolute atomic E-state index is 10.4. The van der Waals surface area contributed by atoms with Gasteiger partial charge in [0.1, 0.15) is 11.8 Å². The Hall–Kier alpha value is -1.26. The van der Waals surface area contributed by atoms with Gasteiger partial charge in [0.05, 0.1) is 12.1 Å². The third-order valence-electron chi connectivity index (χ3n) is 2.06. The van der Waals surface area contributed by atoms with Crippen molar-refractivity contribution in [1.29, 1.82) is 0 Å². The number of hydrogen-bond donors (Lipinski definition) is 1. The molecule has 1 rings (SSSR count). The lowest BCUT2D eigenvalue weighted by molar-refractivity contribution is -0.430. The van der Waals surface area contributed by atoms with Gasteiger partial charge in [0.2, 0.25) is 0 Å². The number of methoxy groups -OCH3 is 1. The van der Waals surface area contributed by atoms with Gasteiger partial charge in [0.25, 0.3) is 0 Å². The maximum atomic E-state index is 10.4. The standard InChI is InChI=1S/C10H12ClNO3/c1-15-6-2-3-7(8(11)4-6)9(12)5-10(13)14/h2-4,9H,5,12H2,1H3,(H,13,14)/t9-/m0/s1. The molecule has 0 aromatic heterocycles. The second-order valence-corrected chi connectivity index (χ2v) is 3.57. The second kappa shape index (κ2) is 5.00. The van der Waals surface area contributed by atoms with Crippen LogP contribution in [0.1, 0.15) is 18.0 Å². The fourth-order valence-corrected chi connectivity index (χ4v) is 1.60. The molecule has 0 unspecified atom stereocenters. The largest absolute Gasteiger partial charge is 0.550 e. The molecule has 5 heteroatoms. The number of carboxylic acids is 1. The monoisotopic (exact) mass is 229 g/mol. The molecule has 82 valence electrons. The Morgan fingerprint density at radius 3 is 2.80 bits per heavy atom. The van der Waals surface area contributed by atoms with Gasteiger partial charge in [-0.3, -0.25) is 0 Å². The van der Waals surface area contributed by atoms with E-state index in [9.17, 15) is 9.90 Å². The molecule has 0 spiro atoms. The van der Waals surface area contributed by atoms with Crippen LogP contribution in [0.4, 0.5) is 0 Å². The third-order valence-corrected chi connectivity index (χ3v) is 2.39. The van der Waals surface area contributed by atoms with Gasteiger partial charge in [0.15, 0.2) is 0 Å². The number of hydrogen-bond acceptors (Lipinski definition) is 3. The summed E-state index contributed by atoms with van der Waals surface area (Å²) in [5, 5.41) is 10.9. The Morgan fingerprint density at radius 1 is 1.67 bits per heavy atom. The van der Waals surface area contributed by atoms with Gasteiger partial charge in [-0.05, 0) is 18.2 Å². The van der Waals surface area contributed by atoms with Crippen molar-refractivity contribution >= 4 is 17.6 Å². The summed E-state index contributed by atoms with van der Waals surface area (Å²) >= 11 is 5.95. The first kappa shape index (κ1) is 11.8. The van der Waals surface area contributed by atoms with Crippen LogP contribution in [-0.4, -0.2) is 13.1 Å². The summed E-state index contributed by atoms with van der Waals surface area (Å²) < 4.78 is 4.98. The molecular weight excluding hydrogens is 218 g/mol. The number of aliphatic carboxylic acids is 1. The Kier molecular flexibility index (Phi) is 3.94. The van der Waals surface area contributed by atoms with E-state index in [0.29, 0.717) is 16.3 Å². The van der Waals surface area contributed by atoms with Gasteiger partial charge in [-0.15, -0.1) is 0 Å².